The molecule has 0 saturated heterocycles. The van der Waals surface area contributed by atoms with Crippen LogP contribution in [0.1, 0.15) is 11.1 Å². The van der Waals surface area contributed by atoms with E-state index < -0.39 is 0 Å². The van der Waals surface area contributed by atoms with Crippen molar-refractivity contribution in [2.45, 2.75) is 13.5 Å². The maximum Gasteiger partial charge on any atom is 0.140 e. The zero-order valence-corrected chi connectivity index (χ0v) is 12.5. The summed E-state index contributed by atoms with van der Waals surface area (Å²) < 4.78 is 1.92. The average Bonchev–Trinajstić information content (AvgIpc) is 2.30. The second-order valence-corrected chi connectivity index (χ2v) is 5.53. The SMILES string of the molecule is Cc1ccccc1CNc1ncc(Br)cc1Br. The van der Waals surface area contributed by atoms with Gasteiger partial charge in [0.25, 0.3) is 0 Å². The molecule has 0 fully saturated rings. The summed E-state index contributed by atoms with van der Waals surface area (Å²) in [7, 11) is 0. The van der Waals surface area contributed by atoms with E-state index in [-0.39, 0.29) is 0 Å². The van der Waals surface area contributed by atoms with Crippen molar-refractivity contribution in [3.63, 3.8) is 0 Å². The Balaban J connectivity index is 2.10. The molecule has 88 valence electrons. The van der Waals surface area contributed by atoms with Crippen LogP contribution in [0.4, 0.5) is 5.82 Å². The van der Waals surface area contributed by atoms with Gasteiger partial charge in [-0.25, -0.2) is 4.98 Å². The molecule has 1 heterocycles. The topological polar surface area (TPSA) is 24.9 Å². The fourth-order valence-corrected chi connectivity index (χ4v) is 2.66. The van der Waals surface area contributed by atoms with Crippen LogP contribution in [-0.4, -0.2) is 4.98 Å². The van der Waals surface area contributed by atoms with Crippen LogP contribution in [0.5, 0.6) is 0 Å². The van der Waals surface area contributed by atoms with Crippen LogP contribution < -0.4 is 5.32 Å². The highest BCUT2D eigenvalue weighted by Gasteiger charge is 2.02. The van der Waals surface area contributed by atoms with Gasteiger partial charge in [0.05, 0.1) is 4.47 Å². The molecule has 2 rings (SSSR count). The van der Waals surface area contributed by atoms with E-state index >= 15 is 0 Å². The molecule has 0 spiro atoms. The lowest BCUT2D eigenvalue weighted by molar-refractivity contribution is 1.08. The zero-order chi connectivity index (χ0) is 12.3. The summed E-state index contributed by atoms with van der Waals surface area (Å²) in [6, 6.07) is 10.3. The van der Waals surface area contributed by atoms with Crippen LogP contribution in [0.25, 0.3) is 0 Å². The number of nitrogens with zero attached hydrogens (tertiary/aromatic N) is 1. The molecule has 17 heavy (non-hydrogen) atoms. The summed E-state index contributed by atoms with van der Waals surface area (Å²) in [6.45, 7) is 2.89. The van der Waals surface area contributed by atoms with E-state index in [9.17, 15) is 0 Å². The van der Waals surface area contributed by atoms with Crippen LogP contribution in [-0.2, 0) is 6.54 Å². The number of aryl methyl sites for hydroxylation is 1. The number of pyridine rings is 1. The first-order valence-electron chi connectivity index (χ1n) is 5.26. The minimum absolute atomic E-state index is 0.778. The first-order valence-corrected chi connectivity index (χ1v) is 6.85. The summed E-state index contributed by atoms with van der Waals surface area (Å²) >= 11 is 6.87. The Hall–Kier alpha value is -0.870. The second-order valence-electron chi connectivity index (χ2n) is 3.76. The second kappa shape index (κ2) is 5.65. The molecule has 1 N–H and O–H groups in total. The van der Waals surface area contributed by atoms with E-state index in [1.807, 2.05) is 18.2 Å². The van der Waals surface area contributed by atoms with Gasteiger partial charge in [0.15, 0.2) is 0 Å². The molecular weight excluding hydrogens is 344 g/mol. The van der Waals surface area contributed by atoms with E-state index in [0.29, 0.717) is 0 Å². The third-order valence-electron chi connectivity index (χ3n) is 2.52. The fraction of sp³-hybridized carbons (Fsp3) is 0.154. The van der Waals surface area contributed by atoms with Crippen molar-refractivity contribution >= 4 is 37.7 Å². The summed E-state index contributed by atoms with van der Waals surface area (Å²) in [6.07, 6.45) is 1.78. The number of halogens is 2. The van der Waals surface area contributed by atoms with Crippen LogP contribution in [0, 0.1) is 6.92 Å². The summed E-state index contributed by atoms with van der Waals surface area (Å²) in [5.74, 6) is 0.858. The summed E-state index contributed by atoms with van der Waals surface area (Å²) in [5, 5.41) is 3.32. The molecule has 0 saturated carbocycles. The number of hydrogen-bond acceptors (Lipinski definition) is 2. The predicted octanol–water partition coefficient (Wildman–Crippen LogP) is 4.53. The van der Waals surface area contributed by atoms with Crippen molar-refractivity contribution in [3.8, 4) is 0 Å². The van der Waals surface area contributed by atoms with Crippen LogP contribution >= 0.6 is 31.9 Å². The normalized spacial score (nSPS) is 10.3. The summed E-state index contributed by atoms with van der Waals surface area (Å²) in [5.41, 5.74) is 2.57. The van der Waals surface area contributed by atoms with Crippen molar-refractivity contribution in [2.75, 3.05) is 5.32 Å². The molecule has 2 nitrogen and oxygen atoms in total. The van der Waals surface area contributed by atoms with Crippen LogP contribution in [0.3, 0.4) is 0 Å². The minimum atomic E-state index is 0.778. The number of hydrogen-bond donors (Lipinski definition) is 1. The first kappa shape index (κ1) is 12.6. The molecule has 0 aliphatic carbocycles. The molecule has 0 radical (unpaired) electrons. The molecule has 0 atom stereocenters. The summed E-state index contributed by atoms with van der Waals surface area (Å²) in [4.78, 5) is 4.32. The van der Waals surface area contributed by atoms with Crippen LogP contribution in [0.2, 0.25) is 0 Å². The minimum Gasteiger partial charge on any atom is -0.365 e. The van der Waals surface area contributed by atoms with Gasteiger partial charge in [-0.3, -0.25) is 0 Å². The molecule has 1 aromatic carbocycles. The number of benzene rings is 1. The van der Waals surface area contributed by atoms with Gasteiger partial charge >= 0.3 is 0 Å². The first-order chi connectivity index (χ1) is 8.16. The molecule has 2 aromatic rings. The van der Waals surface area contributed by atoms with Crippen LogP contribution in [0.15, 0.2) is 45.5 Å². The number of aromatic nitrogens is 1. The molecule has 0 amide bonds. The Bertz CT molecular complexity index is 527. The van der Waals surface area contributed by atoms with Gasteiger partial charge in [0.1, 0.15) is 5.82 Å². The Morgan fingerprint density at radius 1 is 1.24 bits per heavy atom. The van der Waals surface area contributed by atoms with Crippen molar-refractivity contribution in [3.05, 3.63) is 56.6 Å². The van der Waals surface area contributed by atoms with Gasteiger partial charge in [-0.1, -0.05) is 24.3 Å². The average molecular weight is 356 g/mol. The predicted molar refractivity (Wildman–Crippen MR) is 78.1 cm³/mol. The Labute approximate surface area is 118 Å². The number of anilines is 1. The van der Waals surface area contributed by atoms with Gasteiger partial charge in [-0.2, -0.15) is 0 Å². The highest BCUT2D eigenvalue weighted by molar-refractivity contribution is 9.11. The van der Waals surface area contributed by atoms with Crippen molar-refractivity contribution in [2.24, 2.45) is 0 Å². The van der Waals surface area contributed by atoms with E-state index in [0.717, 1.165) is 21.3 Å². The third-order valence-corrected chi connectivity index (χ3v) is 3.55. The van der Waals surface area contributed by atoms with Gasteiger partial charge in [-0.05, 0) is 56.0 Å². The Morgan fingerprint density at radius 3 is 2.71 bits per heavy atom. The highest BCUT2D eigenvalue weighted by atomic mass is 79.9. The van der Waals surface area contributed by atoms with Crippen molar-refractivity contribution in [1.29, 1.82) is 0 Å². The quantitative estimate of drug-likeness (QED) is 0.875. The molecule has 0 bridgehead atoms. The fourth-order valence-electron chi connectivity index (χ4n) is 1.53. The molecule has 0 unspecified atom stereocenters. The Kier molecular flexibility index (Phi) is 4.18. The third kappa shape index (κ3) is 3.30. The largest absolute Gasteiger partial charge is 0.365 e. The van der Waals surface area contributed by atoms with E-state index in [1.54, 1.807) is 6.20 Å². The Morgan fingerprint density at radius 2 is 2.00 bits per heavy atom. The zero-order valence-electron chi connectivity index (χ0n) is 9.37. The number of rotatable bonds is 3. The monoisotopic (exact) mass is 354 g/mol. The molecule has 0 aliphatic rings. The van der Waals surface area contributed by atoms with Crippen molar-refractivity contribution < 1.29 is 0 Å². The molecule has 0 aliphatic heterocycles. The van der Waals surface area contributed by atoms with E-state index in [1.165, 1.54) is 11.1 Å². The van der Waals surface area contributed by atoms with E-state index in [4.69, 9.17) is 0 Å². The van der Waals surface area contributed by atoms with Crippen molar-refractivity contribution in [1.82, 2.24) is 4.98 Å². The lowest BCUT2D eigenvalue weighted by atomic mass is 10.1. The standard InChI is InChI=1S/C13H12Br2N2/c1-9-4-2-3-5-10(9)7-16-13-12(15)6-11(14)8-17-13/h2-6,8H,7H2,1H3,(H,16,17). The maximum absolute atomic E-state index is 4.32. The highest BCUT2D eigenvalue weighted by Crippen LogP contribution is 2.24. The molecule has 1 aromatic heterocycles. The number of nitrogens with one attached hydrogen (secondary N) is 1. The van der Waals surface area contributed by atoms with Gasteiger partial charge in [0, 0.05) is 17.2 Å². The maximum atomic E-state index is 4.32. The lowest BCUT2D eigenvalue weighted by Crippen LogP contribution is -2.03. The molecular formula is C13H12Br2N2. The molecule has 4 heteroatoms. The van der Waals surface area contributed by atoms with E-state index in [2.05, 4.69) is 61.2 Å². The van der Waals surface area contributed by atoms with Gasteiger partial charge < -0.3 is 5.32 Å². The van der Waals surface area contributed by atoms with Gasteiger partial charge in [0.2, 0.25) is 0 Å². The van der Waals surface area contributed by atoms with Gasteiger partial charge in [-0.15, -0.1) is 0 Å². The smallest absolute Gasteiger partial charge is 0.140 e. The lowest BCUT2D eigenvalue weighted by Gasteiger charge is -2.09.